The zero-order chi connectivity index (χ0) is 14.1. The molecular formula is C15H17N5. The third kappa shape index (κ3) is 2.11. The van der Waals surface area contributed by atoms with Gasteiger partial charge in [0.2, 0.25) is 0 Å². The third-order valence-corrected chi connectivity index (χ3v) is 3.35. The molecule has 0 amide bonds. The summed E-state index contributed by atoms with van der Waals surface area (Å²) in [6.45, 7) is 2.03. The highest BCUT2D eigenvalue weighted by atomic mass is 15.4. The number of rotatable bonds is 3. The van der Waals surface area contributed by atoms with E-state index in [9.17, 15) is 0 Å². The van der Waals surface area contributed by atoms with Crippen molar-refractivity contribution in [3.05, 3.63) is 53.5 Å². The largest absolute Gasteiger partial charge is 0.362 e. The molecule has 0 saturated heterocycles. The molecule has 0 unspecified atom stereocenters. The highest BCUT2D eigenvalue weighted by Gasteiger charge is 2.16. The van der Waals surface area contributed by atoms with Crippen LogP contribution in [0.2, 0.25) is 0 Å². The summed E-state index contributed by atoms with van der Waals surface area (Å²) in [4.78, 5) is 10.8. The van der Waals surface area contributed by atoms with Crippen LogP contribution >= 0.6 is 0 Å². The van der Waals surface area contributed by atoms with Gasteiger partial charge >= 0.3 is 0 Å². The summed E-state index contributed by atoms with van der Waals surface area (Å²) in [7, 11) is 4.04. The van der Waals surface area contributed by atoms with Gasteiger partial charge in [-0.3, -0.25) is 0 Å². The molecule has 0 aliphatic carbocycles. The number of nitrogens with zero attached hydrogens (tertiary/aromatic N) is 5. The van der Waals surface area contributed by atoms with E-state index in [4.69, 9.17) is 0 Å². The molecule has 0 bridgehead atoms. The van der Waals surface area contributed by atoms with Crippen molar-refractivity contribution in [2.45, 2.75) is 13.3 Å². The summed E-state index contributed by atoms with van der Waals surface area (Å²) in [5.41, 5.74) is 3.44. The monoisotopic (exact) mass is 267 g/mol. The summed E-state index contributed by atoms with van der Waals surface area (Å²) in [5.74, 6) is 1.68. The normalized spacial score (nSPS) is 10.9. The Morgan fingerprint density at radius 2 is 1.90 bits per heavy atom. The maximum absolute atomic E-state index is 4.54. The first-order chi connectivity index (χ1) is 9.66. The molecule has 20 heavy (non-hydrogen) atoms. The molecule has 0 spiro atoms. The number of fused-ring (bicyclic) bond motifs is 1. The minimum absolute atomic E-state index is 0.642. The number of aryl methyl sites for hydroxylation is 1. The molecular weight excluding hydrogens is 250 g/mol. The van der Waals surface area contributed by atoms with Crippen molar-refractivity contribution >= 4 is 11.6 Å². The fraction of sp³-hybridized carbons (Fsp3) is 0.267. The average molecular weight is 267 g/mol. The van der Waals surface area contributed by atoms with Gasteiger partial charge in [0.1, 0.15) is 12.1 Å². The summed E-state index contributed by atoms with van der Waals surface area (Å²) < 4.78 is 1.80. The number of aromatic nitrogens is 4. The van der Waals surface area contributed by atoms with Gasteiger partial charge in [-0.15, -0.1) is 0 Å². The Morgan fingerprint density at radius 1 is 1.15 bits per heavy atom. The topological polar surface area (TPSA) is 46.3 Å². The molecule has 0 fully saturated rings. The van der Waals surface area contributed by atoms with Crippen molar-refractivity contribution in [3.63, 3.8) is 0 Å². The van der Waals surface area contributed by atoms with Gasteiger partial charge in [0, 0.05) is 31.8 Å². The van der Waals surface area contributed by atoms with Gasteiger partial charge < -0.3 is 4.90 Å². The van der Waals surface area contributed by atoms with Crippen LogP contribution in [0.1, 0.15) is 16.8 Å². The molecule has 102 valence electrons. The predicted octanol–water partition coefficient (Wildman–Crippen LogP) is 2.09. The minimum atomic E-state index is 0.642. The van der Waals surface area contributed by atoms with E-state index in [1.807, 2.05) is 27.1 Å². The van der Waals surface area contributed by atoms with Gasteiger partial charge in [-0.1, -0.05) is 30.3 Å². The van der Waals surface area contributed by atoms with Crippen molar-refractivity contribution in [1.82, 2.24) is 19.6 Å². The lowest BCUT2D eigenvalue weighted by Gasteiger charge is -2.19. The number of anilines is 1. The van der Waals surface area contributed by atoms with E-state index in [0.29, 0.717) is 5.78 Å². The molecule has 0 saturated carbocycles. The molecule has 3 rings (SSSR count). The minimum Gasteiger partial charge on any atom is -0.362 e. The Kier molecular flexibility index (Phi) is 3.10. The first kappa shape index (κ1) is 12.6. The first-order valence-electron chi connectivity index (χ1n) is 6.57. The molecule has 1 aromatic carbocycles. The molecule has 0 N–H and O–H groups in total. The van der Waals surface area contributed by atoms with E-state index >= 15 is 0 Å². The van der Waals surface area contributed by atoms with Crippen LogP contribution in [0.3, 0.4) is 0 Å². The van der Waals surface area contributed by atoms with Crippen molar-refractivity contribution in [2.24, 2.45) is 0 Å². The maximum atomic E-state index is 4.54. The number of benzene rings is 1. The van der Waals surface area contributed by atoms with Crippen LogP contribution in [0.15, 0.2) is 36.7 Å². The lowest BCUT2D eigenvalue weighted by atomic mass is 10.0. The van der Waals surface area contributed by atoms with Crippen molar-refractivity contribution in [3.8, 4) is 0 Å². The smallest absolute Gasteiger partial charge is 0.254 e. The van der Waals surface area contributed by atoms with Crippen molar-refractivity contribution in [2.75, 3.05) is 19.0 Å². The molecule has 5 heteroatoms. The molecule has 0 aliphatic rings. The average Bonchev–Trinajstić information content (AvgIpc) is 2.87. The van der Waals surface area contributed by atoms with Crippen LogP contribution in [-0.4, -0.2) is 33.7 Å². The van der Waals surface area contributed by atoms with Gasteiger partial charge in [0.25, 0.3) is 5.78 Å². The van der Waals surface area contributed by atoms with Crippen molar-refractivity contribution in [1.29, 1.82) is 0 Å². The van der Waals surface area contributed by atoms with Gasteiger partial charge in [0.15, 0.2) is 0 Å². The van der Waals surface area contributed by atoms with E-state index < -0.39 is 0 Å². The first-order valence-corrected chi connectivity index (χ1v) is 6.57. The summed E-state index contributed by atoms with van der Waals surface area (Å²) in [5, 5.41) is 4.28. The highest BCUT2D eigenvalue weighted by molar-refractivity contribution is 5.55. The van der Waals surface area contributed by atoms with Crippen LogP contribution in [0.5, 0.6) is 0 Å². The zero-order valence-electron chi connectivity index (χ0n) is 11.9. The molecule has 0 atom stereocenters. The van der Waals surface area contributed by atoms with Crippen molar-refractivity contribution < 1.29 is 0 Å². The Balaban J connectivity index is 2.18. The standard InChI is InChI=1S/C15H17N5/c1-11-13(9-12-7-5-4-6-8-12)14(19(2)3)20-15(18-11)16-10-17-20/h4-8,10H,9H2,1-3H3. The van der Waals surface area contributed by atoms with Gasteiger partial charge in [-0.2, -0.15) is 14.6 Å². The second-order valence-corrected chi connectivity index (χ2v) is 5.03. The predicted molar refractivity (Wildman–Crippen MR) is 79.1 cm³/mol. The summed E-state index contributed by atoms with van der Waals surface area (Å²) >= 11 is 0. The van der Waals surface area contributed by atoms with E-state index in [1.165, 1.54) is 11.1 Å². The second-order valence-electron chi connectivity index (χ2n) is 5.03. The molecule has 5 nitrogen and oxygen atoms in total. The van der Waals surface area contributed by atoms with E-state index in [-0.39, 0.29) is 0 Å². The van der Waals surface area contributed by atoms with Crippen LogP contribution in [0.25, 0.3) is 5.78 Å². The van der Waals surface area contributed by atoms with Crippen LogP contribution in [-0.2, 0) is 6.42 Å². The Hall–Kier alpha value is -2.43. The van der Waals surface area contributed by atoms with Crippen LogP contribution in [0.4, 0.5) is 5.82 Å². The lowest BCUT2D eigenvalue weighted by Crippen LogP contribution is -2.18. The molecule has 2 heterocycles. The Morgan fingerprint density at radius 3 is 2.60 bits per heavy atom. The van der Waals surface area contributed by atoms with E-state index in [0.717, 1.165) is 17.9 Å². The van der Waals surface area contributed by atoms with Crippen LogP contribution < -0.4 is 4.90 Å². The summed E-state index contributed by atoms with van der Waals surface area (Å²) in [6, 6.07) is 10.4. The SMILES string of the molecule is Cc1nc2ncnn2c(N(C)C)c1Cc1ccccc1. The molecule has 2 aromatic heterocycles. The van der Waals surface area contributed by atoms with E-state index in [1.54, 1.807) is 10.8 Å². The quantitative estimate of drug-likeness (QED) is 0.729. The second kappa shape index (κ2) is 4.92. The summed E-state index contributed by atoms with van der Waals surface area (Å²) in [6.07, 6.45) is 2.38. The van der Waals surface area contributed by atoms with Gasteiger partial charge in [-0.05, 0) is 12.5 Å². The highest BCUT2D eigenvalue weighted by Crippen LogP contribution is 2.24. The van der Waals surface area contributed by atoms with E-state index in [2.05, 4.69) is 44.2 Å². The Bertz CT molecular complexity index is 731. The maximum Gasteiger partial charge on any atom is 0.254 e. The molecule has 0 radical (unpaired) electrons. The fourth-order valence-electron chi connectivity index (χ4n) is 2.43. The van der Waals surface area contributed by atoms with Gasteiger partial charge in [0.05, 0.1) is 0 Å². The Labute approximate surface area is 117 Å². The molecule has 3 aromatic rings. The zero-order valence-corrected chi connectivity index (χ0v) is 11.9. The number of hydrogen-bond donors (Lipinski definition) is 0. The number of hydrogen-bond acceptors (Lipinski definition) is 4. The fourth-order valence-corrected chi connectivity index (χ4v) is 2.43. The molecule has 0 aliphatic heterocycles. The van der Waals surface area contributed by atoms with Gasteiger partial charge in [-0.25, -0.2) is 4.98 Å². The third-order valence-electron chi connectivity index (χ3n) is 3.35. The van der Waals surface area contributed by atoms with Crippen LogP contribution in [0, 0.1) is 6.92 Å². The lowest BCUT2D eigenvalue weighted by molar-refractivity contribution is 0.863.